The fourth-order valence-corrected chi connectivity index (χ4v) is 2.17. The van der Waals surface area contributed by atoms with Gasteiger partial charge in [0.2, 0.25) is 11.8 Å². The largest absolute Gasteiger partial charge is 0.366 e. The Kier molecular flexibility index (Phi) is 3.62. The average Bonchev–Trinajstić information content (AvgIpc) is 2.85. The van der Waals surface area contributed by atoms with Gasteiger partial charge in [0.15, 0.2) is 0 Å². The van der Waals surface area contributed by atoms with Gasteiger partial charge in [0, 0.05) is 11.3 Å². The monoisotopic (exact) mass is 247 g/mol. The summed E-state index contributed by atoms with van der Waals surface area (Å²) in [6.07, 6.45) is 1.86. The van der Waals surface area contributed by atoms with Crippen molar-refractivity contribution in [2.24, 2.45) is 5.73 Å². The maximum atomic E-state index is 12.0. The first-order chi connectivity index (χ1) is 8.59. The lowest BCUT2D eigenvalue weighted by atomic mass is 10.1. The van der Waals surface area contributed by atoms with Crippen molar-refractivity contribution in [3.63, 3.8) is 0 Å². The standard InChI is InChI=1S/C13H17N3O2/c1-8-9(12(14)17)4-2-5-10(8)16-13(18)11-6-3-7-15-11/h2,4-5,11,15H,3,6-7H2,1H3,(H2,14,17)(H,16,18). The van der Waals surface area contributed by atoms with E-state index in [1.54, 1.807) is 25.1 Å². The van der Waals surface area contributed by atoms with Crippen molar-refractivity contribution in [3.8, 4) is 0 Å². The minimum atomic E-state index is -0.484. The van der Waals surface area contributed by atoms with Gasteiger partial charge in [0.25, 0.3) is 0 Å². The molecule has 1 aliphatic heterocycles. The molecule has 0 spiro atoms. The van der Waals surface area contributed by atoms with Gasteiger partial charge in [0.1, 0.15) is 0 Å². The lowest BCUT2D eigenvalue weighted by molar-refractivity contribution is -0.117. The van der Waals surface area contributed by atoms with E-state index in [2.05, 4.69) is 10.6 Å². The van der Waals surface area contributed by atoms with Crippen molar-refractivity contribution in [3.05, 3.63) is 29.3 Å². The number of benzene rings is 1. The fourth-order valence-electron chi connectivity index (χ4n) is 2.17. The number of carbonyl (C=O) groups is 2. The maximum absolute atomic E-state index is 12.0. The topological polar surface area (TPSA) is 84.2 Å². The molecule has 0 aliphatic carbocycles. The third-order valence-electron chi connectivity index (χ3n) is 3.23. The van der Waals surface area contributed by atoms with Crippen LogP contribution in [-0.2, 0) is 4.79 Å². The Morgan fingerprint density at radius 2 is 2.22 bits per heavy atom. The van der Waals surface area contributed by atoms with E-state index in [1.165, 1.54) is 0 Å². The zero-order valence-corrected chi connectivity index (χ0v) is 10.3. The van der Waals surface area contributed by atoms with Crippen LogP contribution in [0.5, 0.6) is 0 Å². The minimum Gasteiger partial charge on any atom is -0.366 e. The second-order valence-electron chi connectivity index (χ2n) is 4.48. The molecule has 2 amide bonds. The number of rotatable bonds is 3. The minimum absolute atomic E-state index is 0.0581. The van der Waals surface area contributed by atoms with E-state index in [9.17, 15) is 9.59 Å². The molecular weight excluding hydrogens is 230 g/mol. The van der Waals surface area contributed by atoms with Crippen LogP contribution in [0.2, 0.25) is 0 Å². The highest BCUT2D eigenvalue weighted by Crippen LogP contribution is 2.19. The Balaban J connectivity index is 2.16. The van der Waals surface area contributed by atoms with Gasteiger partial charge >= 0.3 is 0 Å². The van der Waals surface area contributed by atoms with Crippen LogP contribution in [0.3, 0.4) is 0 Å². The number of nitrogens with two attached hydrogens (primary N) is 1. The van der Waals surface area contributed by atoms with Crippen LogP contribution in [0, 0.1) is 6.92 Å². The first kappa shape index (κ1) is 12.6. The van der Waals surface area contributed by atoms with Gasteiger partial charge in [-0.2, -0.15) is 0 Å². The number of hydrogen-bond acceptors (Lipinski definition) is 3. The number of hydrogen-bond donors (Lipinski definition) is 3. The molecule has 0 radical (unpaired) electrons. The summed E-state index contributed by atoms with van der Waals surface area (Å²) in [5.41, 5.74) is 7.06. The Hall–Kier alpha value is -1.88. The van der Waals surface area contributed by atoms with E-state index in [4.69, 9.17) is 5.73 Å². The molecule has 1 unspecified atom stereocenters. The summed E-state index contributed by atoms with van der Waals surface area (Å²) in [6.45, 7) is 2.65. The van der Waals surface area contributed by atoms with Crippen molar-refractivity contribution in [1.82, 2.24) is 5.32 Å². The Morgan fingerprint density at radius 1 is 1.44 bits per heavy atom. The SMILES string of the molecule is Cc1c(NC(=O)C2CCCN2)cccc1C(N)=O. The molecule has 96 valence electrons. The van der Waals surface area contributed by atoms with Crippen LogP contribution in [0.15, 0.2) is 18.2 Å². The van der Waals surface area contributed by atoms with Crippen molar-refractivity contribution in [2.45, 2.75) is 25.8 Å². The van der Waals surface area contributed by atoms with Crippen LogP contribution >= 0.6 is 0 Å². The number of amides is 2. The van der Waals surface area contributed by atoms with Crippen LogP contribution in [0.4, 0.5) is 5.69 Å². The van der Waals surface area contributed by atoms with Gasteiger partial charge in [-0.25, -0.2) is 0 Å². The zero-order valence-electron chi connectivity index (χ0n) is 10.3. The molecular formula is C13H17N3O2. The van der Waals surface area contributed by atoms with Crippen LogP contribution in [-0.4, -0.2) is 24.4 Å². The predicted molar refractivity (Wildman–Crippen MR) is 69.4 cm³/mol. The van der Waals surface area contributed by atoms with Crippen molar-refractivity contribution in [1.29, 1.82) is 0 Å². The summed E-state index contributed by atoms with van der Waals surface area (Å²) in [7, 11) is 0. The molecule has 1 saturated heterocycles. The van der Waals surface area contributed by atoms with Crippen LogP contribution < -0.4 is 16.4 Å². The number of anilines is 1. The molecule has 1 aliphatic rings. The Bertz CT molecular complexity index is 479. The number of nitrogens with one attached hydrogen (secondary N) is 2. The first-order valence-electron chi connectivity index (χ1n) is 6.03. The zero-order chi connectivity index (χ0) is 13.1. The summed E-state index contributed by atoms with van der Waals surface area (Å²) in [6, 6.07) is 5.00. The second kappa shape index (κ2) is 5.18. The third kappa shape index (κ3) is 2.51. The van der Waals surface area contributed by atoms with Crippen molar-refractivity contribution < 1.29 is 9.59 Å². The second-order valence-corrected chi connectivity index (χ2v) is 4.48. The summed E-state index contributed by atoms with van der Waals surface area (Å²) >= 11 is 0. The lowest BCUT2D eigenvalue weighted by Crippen LogP contribution is -2.35. The van der Waals surface area contributed by atoms with Crippen LogP contribution in [0.25, 0.3) is 0 Å². The fraction of sp³-hybridized carbons (Fsp3) is 0.385. The van der Waals surface area contributed by atoms with Crippen molar-refractivity contribution >= 4 is 17.5 Å². The normalized spacial score (nSPS) is 18.6. The number of primary amides is 1. The van der Waals surface area contributed by atoms with E-state index in [0.717, 1.165) is 19.4 Å². The molecule has 5 heteroatoms. The van der Waals surface area contributed by atoms with Gasteiger partial charge < -0.3 is 16.4 Å². The molecule has 0 saturated carbocycles. The molecule has 1 aromatic rings. The molecule has 2 rings (SSSR count). The average molecular weight is 247 g/mol. The molecule has 0 aromatic heterocycles. The molecule has 5 nitrogen and oxygen atoms in total. The molecule has 0 bridgehead atoms. The molecule has 4 N–H and O–H groups in total. The summed E-state index contributed by atoms with van der Waals surface area (Å²) in [5.74, 6) is -0.542. The maximum Gasteiger partial charge on any atom is 0.249 e. The van der Waals surface area contributed by atoms with Gasteiger partial charge in [-0.05, 0) is 44.0 Å². The molecule has 1 fully saturated rings. The first-order valence-corrected chi connectivity index (χ1v) is 6.03. The lowest BCUT2D eigenvalue weighted by Gasteiger charge is -2.14. The Morgan fingerprint density at radius 3 is 2.83 bits per heavy atom. The predicted octanol–water partition coefficient (Wildman–Crippen LogP) is 0.784. The molecule has 18 heavy (non-hydrogen) atoms. The third-order valence-corrected chi connectivity index (χ3v) is 3.23. The van der Waals surface area contributed by atoms with E-state index in [-0.39, 0.29) is 11.9 Å². The highest BCUT2D eigenvalue weighted by Gasteiger charge is 2.22. The summed E-state index contributed by atoms with van der Waals surface area (Å²) < 4.78 is 0. The quantitative estimate of drug-likeness (QED) is 0.738. The number of carbonyl (C=O) groups excluding carboxylic acids is 2. The molecule has 1 aromatic carbocycles. The van der Waals surface area contributed by atoms with E-state index in [0.29, 0.717) is 16.8 Å². The van der Waals surface area contributed by atoms with E-state index in [1.807, 2.05) is 0 Å². The summed E-state index contributed by atoms with van der Waals surface area (Å²) in [5, 5.41) is 5.97. The van der Waals surface area contributed by atoms with Gasteiger partial charge in [-0.15, -0.1) is 0 Å². The smallest absolute Gasteiger partial charge is 0.249 e. The van der Waals surface area contributed by atoms with Gasteiger partial charge in [-0.3, -0.25) is 9.59 Å². The van der Waals surface area contributed by atoms with Gasteiger partial charge in [0.05, 0.1) is 6.04 Å². The molecule has 1 heterocycles. The highest BCUT2D eigenvalue weighted by molar-refractivity contribution is 5.99. The van der Waals surface area contributed by atoms with Gasteiger partial charge in [-0.1, -0.05) is 6.07 Å². The van der Waals surface area contributed by atoms with E-state index < -0.39 is 5.91 Å². The molecule has 1 atom stereocenters. The Labute approximate surface area is 106 Å². The highest BCUT2D eigenvalue weighted by atomic mass is 16.2. The summed E-state index contributed by atoms with van der Waals surface area (Å²) in [4.78, 5) is 23.2. The van der Waals surface area contributed by atoms with Crippen molar-refractivity contribution in [2.75, 3.05) is 11.9 Å². The van der Waals surface area contributed by atoms with E-state index >= 15 is 0 Å². The van der Waals surface area contributed by atoms with Crippen LogP contribution in [0.1, 0.15) is 28.8 Å².